The molecule has 0 aliphatic rings. The molecule has 2 aromatic carbocycles. The van der Waals surface area contributed by atoms with E-state index in [9.17, 15) is 4.79 Å². The van der Waals surface area contributed by atoms with Gasteiger partial charge < -0.3 is 4.74 Å². The van der Waals surface area contributed by atoms with Gasteiger partial charge >= 0.3 is 5.97 Å². The third kappa shape index (κ3) is 2.50. The van der Waals surface area contributed by atoms with Crippen LogP contribution in [0.2, 0.25) is 5.02 Å². The summed E-state index contributed by atoms with van der Waals surface area (Å²) in [6, 6.07) is 14.7. The second-order valence-corrected chi connectivity index (χ2v) is 4.91. The molecule has 0 saturated carbocycles. The minimum absolute atomic E-state index is 0.313. The van der Waals surface area contributed by atoms with Crippen molar-refractivity contribution in [2.75, 3.05) is 6.61 Å². The van der Waals surface area contributed by atoms with E-state index in [1.54, 1.807) is 23.7 Å². The molecule has 0 bridgehead atoms. The van der Waals surface area contributed by atoms with Crippen LogP contribution in [0.15, 0.2) is 48.5 Å². The minimum Gasteiger partial charge on any atom is -0.461 e. The number of carbonyl (C=O) groups is 1. The van der Waals surface area contributed by atoms with Crippen LogP contribution in [0.4, 0.5) is 0 Å². The lowest BCUT2D eigenvalue weighted by molar-refractivity contribution is 0.0518. The lowest BCUT2D eigenvalue weighted by Gasteiger charge is -2.07. The van der Waals surface area contributed by atoms with E-state index in [1.165, 1.54) is 0 Å². The van der Waals surface area contributed by atoms with E-state index in [0.29, 0.717) is 17.3 Å². The quantitative estimate of drug-likeness (QED) is 0.690. The Labute approximate surface area is 126 Å². The molecular formula is C16H13ClN2O2. The molecule has 106 valence electrons. The van der Waals surface area contributed by atoms with Crippen LogP contribution < -0.4 is 0 Å². The molecule has 3 rings (SSSR count). The zero-order valence-electron chi connectivity index (χ0n) is 11.4. The molecular weight excluding hydrogens is 288 g/mol. The molecule has 0 unspecified atom stereocenters. The first-order chi connectivity index (χ1) is 10.2. The molecule has 4 nitrogen and oxygen atoms in total. The number of hydrogen-bond acceptors (Lipinski definition) is 3. The highest BCUT2D eigenvalue weighted by Gasteiger charge is 2.20. The molecule has 1 aromatic heterocycles. The summed E-state index contributed by atoms with van der Waals surface area (Å²) in [5.41, 5.74) is 1.87. The van der Waals surface area contributed by atoms with Gasteiger partial charge in [-0.2, -0.15) is 5.10 Å². The number of rotatable bonds is 3. The Morgan fingerprint density at radius 1 is 1.24 bits per heavy atom. The van der Waals surface area contributed by atoms with Gasteiger partial charge in [0.1, 0.15) is 0 Å². The summed E-state index contributed by atoms with van der Waals surface area (Å²) in [6.45, 7) is 2.09. The predicted octanol–water partition coefficient (Wildman–Crippen LogP) is 3.86. The second-order valence-electron chi connectivity index (χ2n) is 4.48. The van der Waals surface area contributed by atoms with Gasteiger partial charge in [0.15, 0.2) is 5.69 Å². The number of carbonyl (C=O) groups excluding carboxylic acids is 1. The zero-order chi connectivity index (χ0) is 14.8. The molecule has 0 aliphatic heterocycles. The van der Waals surface area contributed by atoms with Crippen molar-refractivity contribution in [3.63, 3.8) is 0 Å². The van der Waals surface area contributed by atoms with Gasteiger partial charge in [-0.15, -0.1) is 0 Å². The van der Waals surface area contributed by atoms with Crippen molar-refractivity contribution in [1.29, 1.82) is 0 Å². The maximum atomic E-state index is 12.3. The fourth-order valence-electron chi connectivity index (χ4n) is 2.22. The molecule has 0 amide bonds. The molecule has 0 N–H and O–H groups in total. The Bertz CT molecular complexity index is 811. The Hall–Kier alpha value is -2.33. The number of nitrogens with zero attached hydrogens (tertiary/aromatic N) is 2. The third-order valence-corrected chi connectivity index (χ3v) is 3.34. The molecule has 0 aliphatic carbocycles. The Morgan fingerprint density at radius 2 is 2.05 bits per heavy atom. The number of esters is 1. The summed E-state index contributed by atoms with van der Waals surface area (Å²) in [5, 5.41) is 5.83. The SMILES string of the molecule is CCOC(=O)c1c2ccccc2nn1-c1cccc(Cl)c1. The average molecular weight is 301 g/mol. The molecule has 5 heteroatoms. The monoisotopic (exact) mass is 300 g/mol. The summed E-state index contributed by atoms with van der Waals surface area (Å²) < 4.78 is 6.73. The standard InChI is InChI=1S/C16H13ClN2O2/c1-2-21-16(20)15-13-8-3-4-9-14(13)18-19(15)12-7-5-6-11(17)10-12/h3-10H,2H2,1H3. The van der Waals surface area contributed by atoms with Crippen LogP contribution in [0, 0.1) is 0 Å². The maximum Gasteiger partial charge on any atom is 0.357 e. The Kier molecular flexibility index (Phi) is 3.62. The molecule has 0 saturated heterocycles. The fraction of sp³-hybridized carbons (Fsp3) is 0.125. The smallest absolute Gasteiger partial charge is 0.357 e. The maximum absolute atomic E-state index is 12.3. The fourth-order valence-corrected chi connectivity index (χ4v) is 2.41. The van der Waals surface area contributed by atoms with Crippen molar-refractivity contribution < 1.29 is 9.53 Å². The van der Waals surface area contributed by atoms with E-state index < -0.39 is 5.97 Å². The van der Waals surface area contributed by atoms with Gasteiger partial charge in [-0.3, -0.25) is 0 Å². The third-order valence-electron chi connectivity index (χ3n) is 3.10. The van der Waals surface area contributed by atoms with Crippen molar-refractivity contribution in [3.8, 4) is 5.69 Å². The van der Waals surface area contributed by atoms with Gasteiger partial charge in [-0.1, -0.05) is 35.9 Å². The van der Waals surface area contributed by atoms with Crippen LogP contribution >= 0.6 is 11.6 Å². The number of halogens is 1. The molecule has 0 atom stereocenters. The molecule has 21 heavy (non-hydrogen) atoms. The lowest BCUT2D eigenvalue weighted by atomic mass is 10.2. The Balaban J connectivity index is 2.26. The van der Waals surface area contributed by atoms with Crippen molar-refractivity contribution in [1.82, 2.24) is 9.78 Å². The lowest BCUT2D eigenvalue weighted by Crippen LogP contribution is -2.12. The van der Waals surface area contributed by atoms with E-state index in [1.807, 2.05) is 36.4 Å². The minimum atomic E-state index is -0.397. The predicted molar refractivity (Wildman–Crippen MR) is 82.0 cm³/mol. The number of aromatic nitrogens is 2. The van der Waals surface area contributed by atoms with Gasteiger partial charge in [0, 0.05) is 10.4 Å². The molecule has 0 spiro atoms. The summed E-state index contributed by atoms with van der Waals surface area (Å²) in [7, 11) is 0. The van der Waals surface area contributed by atoms with Crippen LogP contribution in [0.3, 0.4) is 0 Å². The van der Waals surface area contributed by atoms with Gasteiger partial charge in [-0.05, 0) is 31.2 Å². The van der Waals surface area contributed by atoms with Crippen LogP contribution in [0.5, 0.6) is 0 Å². The van der Waals surface area contributed by atoms with E-state index in [2.05, 4.69) is 5.10 Å². The van der Waals surface area contributed by atoms with Crippen molar-refractivity contribution in [3.05, 3.63) is 59.2 Å². The van der Waals surface area contributed by atoms with Crippen LogP contribution in [-0.2, 0) is 4.74 Å². The zero-order valence-corrected chi connectivity index (χ0v) is 12.2. The number of hydrogen-bond donors (Lipinski definition) is 0. The Morgan fingerprint density at radius 3 is 2.81 bits per heavy atom. The summed E-state index contributed by atoms with van der Waals surface area (Å²) in [6.07, 6.45) is 0. The van der Waals surface area contributed by atoms with Gasteiger partial charge in [0.2, 0.25) is 0 Å². The van der Waals surface area contributed by atoms with Crippen LogP contribution in [-0.4, -0.2) is 22.4 Å². The first kappa shape index (κ1) is 13.6. The second kappa shape index (κ2) is 5.58. The van der Waals surface area contributed by atoms with Gasteiger partial charge in [0.25, 0.3) is 0 Å². The van der Waals surface area contributed by atoms with E-state index in [0.717, 1.165) is 16.6 Å². The van der Waals surface area contributed by atoms with Crippen molar-refractivity contribution >= 4 is 28.5 Å². The molecule has 0 fully saturated rings. The van der Waals surface area contributed by atoms with Crippen molar-refractivity contribution in [2.24, 2.45) is 0 Å². The van der Waals surface area contributed by atoms with E-state index in [4.69, 9.17) is 16.3 Å². The first-order valence-corrected chi connectivity index (χ1v) is 6.99. The normalized spacial score (nSPS) is 10.8. The van der Waals surface area contributed by atoms with E-state index >= 15 is 0 Å². The van der Waals surface area contributed by atoms with Crippen LogP contribution in [0.25, 0.3) is 16.6 Å². The summed E-state index contributed by atoms with van der Waals surface area (Å²) in [4.78, 5) is 12.3. The highest BCUT2D eigenvalue weighted by Crippen LogP contribution is 2.24. The molecule has 1 heterocycles. The molecule has 3 aromatic rings. The molecule has 0 radical (unpaired) electrons. The van der Waals surface area contributed by atoms with Gasteiger partial charge in [0.05, 0.1) is 17.8 Å². The topological polar surface area (TPSA) is 44.1 Å². The van der Waals surface area contributed by atoms with E-state index in [-0.39, 0.29) is 0 Å². The first-order valence-electron chi connectivity index (χ1n) is 6.61. The largest absolute Gasteiger partial charge is 0.461 e. The van der Waals surface area contributed by atoms with Crippen LogP contribution in [0.1, 0.15) is 17.4 Å². The van der Waals surface area contributed by atoms with Crippen molar-refractivity contribution in [2.45, 2.75) is 6.92 Å². The summed E-state index contributed by atoms with van der Waals surface area (Å²) in [5.74, 6) is -0.397. The highest BCUT2D eigenvalue weighted by atomic mass is 35.5. The highest BCUT2D eigenvalue weighted by molar-refractivity contribution is 6.30. The average Bonchev–Trinajstić information content (AvgIpc) is 2.87. The van der Waals surface area contributed by atoms with Gasteiger partial charge in [-0.25, -0.2) is 9.48 Å². The number of benzene rings is 2. The summed E-state index contributed by atoms with van der Waals surface area (Å²) >= 11 is 6.03. The number of fused-ring (bicyclic) bond motifs is 1. The number of ether oxygens (including phenoxy) is 1.